The molecule has 2 rings (SSSR count). The number of ether oxygens (including phenoxy) is 2. The van der Waals surface area contributed by atoms with Gasteiger partial charge in [0.2, 0.25) is 0 Å². The number of piperidine rings is 1. The third-order valence-electron chi connectivity index (χ3n) is 3.98. The Balaban J connectivity index is 2.25. The Morgan fingerprint density at radius 3 is 2.65 bits per heavy atom. The molecule has 2 aliphatic heterocycles. The number of carbonyl (C=O) groups excluding carboxylic acids is 1. The predicted octanol–water partition coefficient (Wildman–Crippen LogP) is 1.88. The fourth-order valence-corrected chi connectivity index (χ4v) is 3.07. The Morgan fingerprint density at radius 2 is 2.05 bits per heavy atom. The molecule has 6 nitrogen and oxygen atoms in total. The second kappa shape index (κ2) is 5.24. The number of carboxylic acid groups (broad SMARTS) is 1. The number of hydrogen-bond acceptors (Lipinski definition) is 4. The van der Waals surface area contributed by atoms with Gasteiger partial charge in [-0.05, 0) is 40.0 Å². The van der Waals surface area contributed by atoms with E-state index in [0.29, 0.717) is 13.0 Å². The van der Waals surface area contributed by atoms with Crippen LogP contribution in [0.4, 0.5) is 4.79 Å². The average molecular weight is 285 g/mol. The molecule has 2 fully saturated rings. The molecule has 0 radical (unpaired) electrons. The summed E-state index contributed by atoms with van der Waals surface area (Å²) in [6, 6.07) is 0. The van der Waals surface area contributed by atoms with Gasteiger partial charge in [0.15, 0.2) is 0 Å². The summed E-state index contributed by atoms with van der Waals surface area (Å²) in [6.45, 7) is 6.39. The highest BCUT2D eigenvalue weighted by molar-refractivity contribution is 5.76. The number of amides is 1. The van der Waals surface area contributed by atoms with Crippen molar-refractivity contribution in [2.45, 2.75) is 51.2 Å². The minimum Gasteiger partial charge on any atom is -0.481 e. The summed E-state index contributed by atoms with van der Waals surface area (Å²) in [4.78, 5) is 25.5. The number of carboxylic acids is 1. The standard InChI is InChI=1S/C14H23NO5/c1-13(2,3)20-12(18)15-7-5-4-6-14(15)9-19-8-10(14)11(16)17/h10H,4-9H2,1-3H3,(H,16,17). The maximum atomic E-state index is 12.4. The fourth-order valence-electron chi connectivity index (χ4n) is 3.07. The quantitative estimate of drug-likeness (QED) is 0.796. The number of hydrogen-bond donors (Lipinski definition) is 1. The molecular formula is C14H23NO5. The fraction of sp³-hybridized carbons (Fsp3) is 0.857. The van der Waals surface area contributed by atoms with Crippen LogP contribution in [0, 0.1) is 5.92 Å². The van der Waals surface area contributed by atoms with Crippen LogP contribution in [0.1, 0.15) is 40.0 Å². The maximum Gasteiger partial charge on any atom is 0.410 e. The van der Waals surface area contributed by atoms with Crippen LogP contribution in [0.3, 0.4) is 0 Å². The van der Waals surface area contributed by atoms with E-state index in [0.717, 1.165) is 12.8 Å². The molecular weight excluding hydrogens is 262 g/mol. The lowest BCUT2D eigenvalue weighted by molar-refractivity contribution is -0.146. The number of rotatable bonds is 1. The molecule has 0 aromatic rings. The van der Waals surface area contributed by atoms with Gasteiger partial charge in [-0.3, -0.25) is 9.69 Å². The summed E-state index contributed by atoms with van der Waals surface area (Å²) in [5.74, 6) is -1.58. The summed E-state index contributed by atoms with van der Waals surface area (Å²) < 4.78 is 10.8. The Hall–Kier alpha value is -1.30. The number of likely N-dealkylation sites (tertiary alicyclic amines) is 1. The van der Waals surface area contributed by atoms with E-state index in [1.54, 1.807) is 25.7 Å². The van der Waals surface area contributed by atoms with Gasteiger partial charge < -0.3 is 14.6 Å². The van der Waals surface area contributed by atoms with Gasteiger partial charge in [-0.1, -0.05) is 0 Å². The van der Waals surface area contributed by atoms with Crippen molar-refractivity contribution in [3.05, 3.63) is 0 Å². The molecule has 0 saturated carbocycles. The highest BCUT2D eigenvalue weighted by atomic mass is 16.6. The van der Waals surface area contributed by atoms with Crippen molar-refractivity contribution in [1.29, 1.82) is 0 Å². The average Bonchev–Trinajstić information content (AvgIpc) is 2.71. The summed E-state index contributed by atoms with van der Waals surface area (Å²) in [5, 5.41) is 9.40. The number of carbonyl (C=O) groups is 2. The minimum atomic E-state index is -0.905. The van der Waals surface area contributed by atoms with Crippen LogP contribution in [0.15, 0.2) is 0 Å². The zero-order valence-electron chi connectivity index (χ0n) is 12.3. The molecule has 2 saturated heterocycles. The first-order chi connectivity index (χ1) is 9.26. The molecule has 2 atom stereocenters. The molecule has 20 heavy (non-hydrogen) atoms. The van der Waals surface area contributed by atoms with Gasteiger partial charge in [-0.15, -0.1) is 0 Å². The van der Waals surface area contributed by atoms with Gasteiger partial charge in [0.1, 0.15) is 11.5 Å². The van der Waals surface area contributed by atoms with E-state index in [1.165, 1.54) is 0 Å². The second-order valence-electron chi connectivity index (χ2n) is 6.60. The van der Waals surface area contributed by atoms with E-state index < -0.39 is 29.1 Å². The van der Waals surface area contributed by atoms with Crippen molar-refractivity contribution in [1.82, 2.24) is 4.90 Å². The van der Waals surface area contributed by atoms with Gasteiger partial charge in [0, 0.05) is 6.54 Å². The van der Waals surface area contributed by atoms with Gasteiger partial charge in [0.25, 0.3) is 0 Å². The Labute approximate surface area is 119 Å². The van der Waals surface area contributed by atoms with Gasteiger partial charge >= 0.3 is 12.1 Å². The third kappa shape index (κ3) is 2.75. The molecule has 0 aliphatic carbocycles. The normalized spacial score (nSPS) is 30.6. The molecule has 2 heterocycles. The zero-order valence-corrected chi connectivity index (χ0v) is 12.3. The zero-order chi connectivity index (χ0) is 15.0. The maximum absolute atomic E-state index is 12.4. The van der Waals surface area contributed by atoms with E-state index in [4.69, 9.17) is 9.47 Å². The molecule has 1 N–H and O–H groups in total. The monoisotopic (exact) mass is 285 g/mol. The lowest BCUT2D eigenvalue weighted by Gasteiger charge is -2.46. The Bertz CT molecular complexity index is 403. The van der Waals surface area contributed by atoms with Crippen LogP contribution < -0.4 is 0 Å². The first-order valence-electron chi connectivity index (χ1n) is 7.07. The van der Waals surface area contributed by atoms with Crippen LogP contribution in [0.5, 0.6) is 0 Å². The molecule has 1 spiro atoms. The van der Waals surface area contributed by atoms with Crippen molar-refractivity contribution in [2.75, 3.05) is 19.8 Å². The summed E-state index contributed by atoms with van der Waals surface area (Å²) in [5.41, 5.74) is -1.33. The van der Waals surface area contributed by atoms with Crippen molar-refractivity contribution < 1.29 is 24.2 Å². The predicted molar refractivity (Wildman–Crippen MR) is 71.5 cm³/mol. The molecule has 6 heteroatoms. The summed E-state index contributed by atoms with van der Waals surface area (Å²) in [7, 11) is 0. The largest absolute Gasteiger partial charge is 0.481 e. The topological polar surface area (TPSA) is 76.1 Å². The Morgan fingerprint density at radius 1 is 1.35 bits per heavy atom. The first-order valence-corrected chi connectivity index (χ1v) is 7.07. The lowest BCUT2D eigenvalue weighted by atomic mass is 9.78. The highest BCUT2D eigenvalue weighted by Crippen LogP contribution is 2.40. The molecule has 114 valence electrons. The van der Waals surface area contributed by atoms with Crippen LogP contribution in [0.2, 0.25) is 0 Å². The van der Waals surface area contributed by atoms with Crippen molar-refractivity contribution in [2.24, 2.45) is 5.92 Å². The second-order valence-corrected chi connectivity index (χ2v) is 6.60. The van der Waals surface area contributed by atoms with Gasteiger partial charge in [-0.2, -0.15) is 0 Å². The van der Waals surface area contributed by atoms with Crippen LogP contribution in [0.25, 0.3) is 0 Å². The van der Waals surface area contributed by atoms with Crippen LogP contribution in [-0.2, 0) is 14.3 Å². The Kier molecular flexibility index (Phi) is 3.95. The van der Waals surface area contributed by atoms with Gasteiger partial charge in [0.05, 0.1) is 18.8 Å². The van der Waals surface area contributed by atoms with Crippen molar-refractivity contribution in [3.8, 4) is 0 Å². The van der Waals surface area contributed by atoms with Crippen LogP contribution in [-0.4, -0.2) is 53.0 Å². The molecule has 0 aromatic heterocycles. The smallest absolute Gasteiger partial charge is 0.410 e. The van der Waals surface area contributed by atoms with E-state index in [-0.39, 0.29) is 13.2 Å². The van der Waals surface area contributed by atoms with Crippen molar-refractivity contribution in [3.63, 3.8) is 0 Å². The molecule has 2 aliphatic rings. The lowest BCUT2D eigenvalue weighted by Crippen LogP contribution is -2.61. The van der Waals surface area contributed by atoms with E-state index >= 15 is 0 Å². The van der Waals surface area contributed by atoms with Crippen LogP contribution >= 0.6 is 0 Å². The third-order valence-corrected chi connectivity index (χ3v) is 3.98. The highest BCUT2D eigenvalue weighted by Gasteiger charge is 2.55. The number of aliphatic carboxylic acids is 1. The summed E-state index contributed by atoms with van der Waals surface area (Å²) >= 11 is 0. The molecule has 2 unspecified atom stereocenters. The van der Waals surface area contributed by atoms with E-state index in [1.807, 2.05) is 0 Å². The van der Waals surface area contributed by atoms with E-state index in [9.17, 15) is 14.7 Å². The van der Waals surface area contributed by atoms with Crippen molar-refractivity contribution >= 4 is 12.1 Å². The molecule has 0 aromatic carbocycles. The van der Waals surface area contributed by atoms with Gasteiger partial charge in [-0.25, -0.2) is 4.79 Å². The first kappa shape index (κ1) is 15.1. The van der Waals surface area contributed by atoms with E-state index in [2.05, 4.69) is 0 Å². The minimum absolute atomic E-state index is 0.161. The molecule has 1 amide bonds. The SMILES string of the molecule is CC(C)(C)OC(=O)N1CCCCC12COCC2C(=O)O. The number of nitrogens with zero attached hydrogens (tertiary/aromatic N) is 1. The summed E-state index contributed by atoms with van der Waals surface area (Å²) in [6.07, 6.45) is 2.00. The molecule has 0 bridgehead atoms.